The third kappa shape index (κ3) is 1.93. The van der Waals surface area contributed by atoms with E-state index in [0.717, 1.165) is 0 Å². The second-order valence-corrected chi connectivity index (χ2v) is 2.16. The Balaban J connectivity index is 4.08. The van der Waals surface area contributed by atoms with Crippen molar-refractivity contribution in [3.05, 3.63) is 0 Å². The van der Waals surface area contributed by atoms with E-state index in [9.17, 15) is 0 Å². The Morgan fingerprint density at radius 1 is 1.20 bits per heavy atom. The van der Waals surface area contributed by atoms with Crippen molar-refractivity contribution in [1.29, 1.82) is 10.8 Å². The van der Waals surface area contributed by atoms with Gasteiger partial charge in [0.1, 0.15) is 0 Å². The first-order chi connectivity index (χ1) is 4.46. The molecule has 0 aliphatic carbocycles. The van der Waals surface area contributed by atoms with Crippen LogP contribution in [-0.4, -0.2) is 42.9 Å². The Bertz CT molecular complexity index is 150. The number of nitrogens with zero attached hydrogens (tertiary/aromatic N) is 2. The molecular formula is C5H13N5. The van der Waals surface area contributed by atoms with E-state index in [1.807, 2.05) is 0 Å². The second kappa shape index (κ2) is 3.05. The largest absolute Gasteiger partial charge is 0.370 e. The maximum Gasteiger partial charge on any atom is 0.199 e. The van der Waals surface area contributed by atoms with E-state index in [4.69, 9.17) is 16.6 Å². The molecule has 0 radical (unpaired) electrons. The predicted molar refractivity (Wildman–Crippen MR) is 41.1 cm³/mol. The van der Waals surface area contributed by atoms with Crippen LogP contribution < -0.4 is 5.73 Å². The molecule has 0 aliphatic heterocycles. The maximum atomic E-state index is 7.31. The predicted octanol–water partition coefficient (Wildman–Crippen LogP) is -0.692. The fourth-order valence-corrected chi connectivity index (χ4v) is 0.414. The first-order valence-electron chi connectivity index (χ1n) is 2.80. The van der Waals surface area contributed by atoms with E-state index in [2.05, 4.69) is 0 Å². The fraction of sp³-hybridized carbons (Fsp3) is 0.600. The minimum Gasteiger partial charge on any atom is -0.370 e. The summed E-state index contributed by atoms with van der Waals surface area (Å²) in [5.74, 6) is 0.0752. The first kappa shape index (κ1) is 8.74. The average molecular weight is 143 g/mol. The molecule has 0 aromatic heterocycles. The highest BCUT2D eigenvalue weighted by Crippen LogP contribution is 1.85. The molecule has 5 heteroatoms. The van der Waals surface area contributed by atoms with Crippen LogP contribution in [0.4, 0.5) is 0 Å². The fourth-order valence-electron chi connectivity index (χ4n) is 0.414. The molecule has 0 aliphatic rings. The van der Waals surface area contributed by atoms with Gasteiger partial charge < -0.3 is 10.6 Å². The Kier molecular flexibility index (Phi) is 2.66. The van der Waals surface area contributed by atoms with Gasteiger partial charge in [0.25, 0.3) is 0 Å². The highest BCUT2D eigenvalue weighted by molar-refractivity contribution is 5.94. The molecule has 0 saturated carbocycles. The normalized spacial score (nSPS) is 8.70. The lowest BCUT2D eigenvalue weighted by molar-refractivity contribution is 0.522. The van der Waals surface area contributed by atoms with Gasteiger partial charge in [0.2, 0.25) is 0 Å². The summed E-state index contributed by atoms with van der Waals surface area (Å²) in [6.07, 6.45) is 0. The highest BCUT2D eigenvalue weighted by Gasteiger charge is 2.07. The molecular weight excluding hydrogens is 130 g/mol. The van der Waals surface area contributed by atoms with Crippen LogP contribution in [0.3, 0.4) is 0 Å². The summed E-state index contributed by atoms with van der Waals surface area (Å²) in [4.78, 5) is 2.85. The van der Waals surface area contributed by atoms with Gasteiger partial charge in [-0.3, -0.25) is 15.7 Å². The molecule has 0 aromatic carbocycles. The van der Waals surface area contributed by atoms with Gasteiger partial charge >= 0.3 is 0 Å². The van der Waals surface area contributed by atoms with Crippen LogP contribution in [-0.2, 0) is 0 Å². The summed E-state index contributed by atoms with van der Waals surface area (Å²) in [7, 11) is 5.02. The minimum absolute atomic E-state index is 0.126. The van der Waals surface area contributed by atoms with Gasteiger partial charge in [-0.15, -0.1) is 0 Å². The molecule has 0 amide bonds. The monoisotopic (exact) mass is 143 g/mol. The standard InChI is InChI=1S/C5H13N5/c1-9(2)5(8)10(3)4(6)7/h8H,1-3H3,(H3,6,7). The van der Waals surface area contributed by atoms with Gasteiger partial charge in [0, 0.05) is 21.1 Å². The average Bonchev–Trinajstić information content (AvgIpc) is 1.84. The number of nitrogens with two attached hydrogens (primary N) is 1. The topological polar surface area (TPSA) is 80.2 Å². The SMILES string of the molecule is CN(C)C(=N)N(C)C(=N)N. The molecule has 0 rings (SSSR count). The quantitative estimate of drug-likeness (QED) is 0.310. The molecule has 0 heterocycles. The van der Waals surface area contributed by atoms with Gasteiger partial charge in [-0.05, 0) is 0 Å². The Hall–Kier alpha value is -1.26. The lowest BCUT2D eigenvalue weighted by atomic mass is 10.7. The van der Waals surface area contributed by atoms with Crippen molar-refractivity contribution in [2.24, 2.45) is 5.73 Å². The van der Waals surface area contributed by atoms with Gasteiger partial charge in [0.05, 0.1) is 0 Å². The molecule has 0 unspecified atom stereocenters. The van der Waals surface area contributed by atoms with E-state index >= 15 is 0 Å². The summed E-state index contributed by atoms with van der Waals surface area (Å²) in [6, 6.07) is 0. The molecule has 0 aromatic rings. The number of nitrogens with one attached hydrogen (secondary N) is 2. The number of rotatable bonds is 0. The number of hydrogen-bond donors (Lipinski definition) is 3. The van der Waals surface area contributed by atoms with E-state index < -0.39 is 0 Å². The van der Waals surface area contributed by atoms with Crippen LogP contribution in [0.1, 0.15) is 0 Å². The van der Waals surface area contributed by atoms with Crippen molar-refractivity contribution >= 4 is 11.9 Å². The highest BCUT2D eigenvalue weighted by atomic mass is 15.4. The summed E-state index contributed by atoms with van der Waals surface area (Å²) < 4.78 is 0. The van der Waals surface area contributed by atoms with Crippen molar-refractivity contribution in [2.75, 3.05) is 21.1 Å². The third-order valence-electron chi connectivity index (χ3n) is 1.10. The van der Waals surface area contributed by atoms with Crippen molar-refractivity contribution in [2.45, 2.75) is 0 Å². The second-order valence-electron chi connectivity index (χ2n) is 2.16. The van der Waals surface area contributed by atoms with Crippen LogP contribution >= 0.6 is 0 Å². The summed E-state index contributed by atoms with van der Waals surface area (Å²) in [6.45, 7) is 0. The Labute approximate surface area is 60.4 Å². The summed E-state index contributed by atoms with van der Waals surface area (Å²) >= 11 is 0. The summed E-state index contributed by atoms with van der Waals surface area (Å²) in [5, 5.41) is 14.3. The maximum absolute atomic E-state index is 7.31. The van der Waals surface area contributed by atoms with Crippen LogP contribution in [0.15, 0.2) is 0 Å². The first-order valence-corrected chi connectivity index (χ1v) is 2.80. The van der Waals surface area contributed by atoms with Crippen LogP contribution in [0.25, 0.3) is 0 Å². The molecule has 4 N–H and O–H groups in total. The van der Waals surface area contributed by atoms with Crippen molar-refractivity contribution in [1.82, 2.24) is 9.80 Å². The molecule has 0 bridgehead atoms. The Morgan fingerprint density at radius 3 is 1.70 bits per heavy atom. The van der Waals surface area contributed by atoms with Crippen molar-refractivity contribution in [3.63, 3.8) is 0 Å². The number of hydrogen-bond acceptors (Lipinski definition) is 2. The lowest BCUT2D eigenvalue weighted by Crippen LogP contribution is -2.44. The van der Waals surface area contributed by atoms with Gasteiger partial charge in [-0.2, -0.15) is 0 Å². The zero-order valence-electron chi connectivity index (χ0n) is 6.47. The molecule has 0 saturated heterocycles. The lowest BCUT2D eigenvalue weighted by Gasteiger charge is -2.22. The van der Waals surface area contributed by atoms with Gasteiger partial charge in [-0.25, -0.2) is 0 Å². The smallest absolute Gasteiger partial charge is 0.199 e. The van der Waals surface area contributed by atoms with Crippen molar-refractivity contribution < 1.29 is 0 Å². The van der Waals surface area contributed by atoms with Crippen LogP contribution in [0.5, 0.6) is 0 Å². The Morgan fingerprint density at radius 2 is 1.60 bits per heavy atom. The molecule has 0 fully saturated rings. The molecule has 10 heavy (non-hydrogen) atoms. The number of guanidine groups is 2. The van der Waals surface area contributed by atoms with Gasteiger partial charge in [-0.1, -0.05) is 0 Å². The summed E-state index contributed by atoms with van der Waals surface area (Å²) in [5.41, 5.74) is 5.12. The molecule has 58 valence electrons. The van der Waals surface area contributed by atoms with Gasteiger partial charge in [0.15, 0.2) is 11.9 Å². The molecule has 5 nitrogen and oxygen atoms in total. The molecule has 0 spiro atoms. The van der Waals surface area contributed by atoms with Crippen molar-refractivity contribution in [3.8, 4) is 0 Å². The minimum atomic E-state index is -0.126. The molecule has 0 atom stereocenters. The van der Waals surface area contributed by atoms with E-state index in [1.54, 1.807) is 26.0 Å². The zero-order chi connectivity index (χ0) is 8.31. The zero-order valence-corrected chi connectivity index (χ0v) is 6.47. The van der Waals surface area contributed by atoms with E-state index in [0.29, 0.717) is 0 Å². The third-order valence-corrected chi connectivity index (χ3v) is 1.10. The van der Waals surface area contributed by atoms with Crippen LogP contribution in [0.2, 0.25) is 0 Å². The van der Waals surface area contributed by atoms with Crippen LogP contribution in [0, 0.1) is 10.8 Å². The van der Waals surface area contributed by atoms with E-state index in [1.165, 1.54) is 4.90 Å². The van der Waals surface area contributed by atoms with E-state index in [-0.39, 0.29) is 11.9 Å².